The maximum Gasteiger partial charge on any atom is 0.243 e. The molecule has 0 saturated heterocycles. The molecule has 1 rings (SSSR count). The fourth-order valence-corrected chi connectivity index (χ4v) is 3.45. The Labute approximate surface area is 110 Å². The molecule has 1 unspecified atom stereocenters. The van der Waals surface area contributed by atoms with Gasteiger partial charge < -0.3 is 5.73 Å². The lowest BCUT2D eigenvalue weighted by molar-refractivity contribution is 0.315. The number of anilines is 1. The van der Waals surface area contributed by atoms with E-state index in [9.17, 15) is 8.42 Å². The first-order valence-electron chi connectivity index (χ1n) is 6.02. The Bertz CT molecular complexity index is 524. The molecule has 5 heteroatoms. The SMILES string of the molecule is Cc1c(N)cccc1S(=O)(=O)N(C)C(C)C(C)C. The lowest BCUT2D eigenvalue weighted by atomic mass is 10.1. The van der Waals surface area contributed by atoms with E-state index in [0.717, 1.165) is 0 Å². The summed E-state index contributed by atoms with van der Waals surface area (Å²) in [5.74, 6) is 0.256. The highest BCUT2D eigenvalue weighted by Gasteiger charge is 2.28. The van der Waals surface area contributed by atoms with Crippen LogP contribution in [0.4, 0.5) is 5.69 Å². The molecule has 4 nitrogen and oxygen atoms in total. The summed E-state index contributed by atoms with van der Waals surface area (Å²) < 4.78 is 26.5. The second-order valence-corrected chi connectivity index (χ2v) is 6.94. The van der Waals surface area contributed by atoms with E-state index < -0.39 is 10.0 Å². The Morgan fingerprint density at radius 2 is 1.78 bits per heavy atom. The van der Waals surface area contributed by atoms with Crippen LogP contribution in [-0.2, 0) is 10.0 Å². The molecular weight excluding hydrogens is 248 g/mol. The summed E-state index contributed by atoms with van der Waals surface area (Å²) in [7, 11) is -1.87. The molecule has 1 aromatic carbocycles. The maximum atomic E-state index is 12.5. The average Bonchev–Trinajstić information content (AvgIpc) is 2.30. The molecule has 0 fully saturated rings. The van der Waals surface area contributed by atoms with Crippen LogP contribution >= 0.6 is 0 Å². The number of benzene rings is 1. The van der Waals surface area contributed by atoms with Crippen molar-refractivity contribution >= 4 is 15.7 Å². The van der Waals surface area contributed by atoms with E-state index in [4.69, 9.17) is 5.73 Å². The standard InChI is InChI=1S/C13H22N2O2S/c1-9(2)11(4)15(5)18(16,17)13-8-6-7-12(14)10(13)3/h6-9,11H,14H2,1-5H3. The minimum Gasteiger partial charge on any atom is -0.398 e. The van der Waals surface area contributed by atoms with Gasteiger partial charge in [0.25, 0.3) is 0 Å². The number of nitrogen functional groups attached to an aromatic ring is 1. The van der Waals surface area contributed by atoms with Crippen LogP contribution in [0.5, 0.6) is 0 Å². The number of nitrogens with two attached hydrogens (primary N) is 1. The van der Waals surface area contributed by atoms with Gasteiger partial charge in [0, 0.05) is 18.8 Å². The molecule has 1 atom stereocenters. The molecule has 0 bridgehead atoms. The van der Waals surface area contributed by atoms with Gasteiger partial charge in [-0.05, 0) is 37.5 Å². The van der Waals surface area contributed by atoms with Crippen molar-refractivity contribution in [1.29, 1.82) is 0 Å². The molecule has 0 radical (unpaired) electrons. The minimum atomic E-state index is -3.48. The highest BCUT2D eigenvalue weighted by atomic mass is 32.2. The van der Waals surface area contributed by atoms with Crippen molar-refractivity contribution < 1.29 is 8.42 Å². The third-order valence-electron chi connectivity index (χ3n) is 3.52. The summed E-state index contributed by atoms with van der Waals surface area (Å²) in [5.41, 5.74) is 6.88. The van der Waals surface area contributed by atoms with Crippen molar-refractivity contribution in [3.63, 3.8) is 0 Å². The van der Waals surface area contributed by atoms with E-state index in [1.54, 1.807) is 32.2 Å². The van der Waals surface area contributed by atoms with E-state index in [1.165, 1.54) is 4.31 Å². The van der Waals surface area contributed by atoms with Crippen molar-refractivity contribution in [3.8, 4) is 0 Å². The second kappa shape index (κ2) is 5.28. The number of sulfonamides is 1. The fraction of sp³-hybridized carbons (Fsp3) is 0.538. The van der Waals surface area contributed by atoms with Gasteiger partial charge in [-0.25, -0.2) is 8.42 Å². The van der Waals surface area contributed by atoms with Crippen LogP contribution in [0.1, 0.15) is 26.3 Å². The van der Waals surface area contributed by atoms with Gasteiger partial charge >= 0.3 is 0 Å². The fourth-order valence-electron chi connectivity index (χ4n) is 1.70. The predicted octanol–water partition coefficient (Wildman–Crippen LogP) is 2.24. The monoisotopic (exact) mass is 270 g/mol. The molecule has 0 aliphatic carbocycles. The van der Waals surface area contributed by atoms with E-state index in [2.05, 4.69) is 0 Å². The quantitative estimate of drug-likeness (QED) is 0.853. The first-order chi connectivity index (χ1) is 8.19. The summed E-state index contributed by atoms with van der Waals surface area (Å²) in [5, 5.41) is 0. The molecule has 2 N–H and O–H groups in total. The third kappa shape index (κ3) is 2.67. The lowest BCUT2D eigenvalue weighted by Gasteiger charge is -2.27. The van der Waals surface area contributed by atoms with Gasteiger partial charge in [0.05, 0.1) is 4.90 Å². The summed E-state index contributed by atoms with van der Waals surface area (Å²) in [4.78, 5) is 0.289. The van der Waals surface area contributed by atoms with Crippen LogP contribution in [0, 0.1) is 12.8 Å². The zero-order valence-corrected chi connectivity index (χ0v) is 12.5. The summed E-state index contributed by atoms with van der Waals surface area (Å²) >= 11 is 0. The Hall–Kier alpha value is -1.07. The smallest absolute Gasteiger partial charge is 0.243 e. The number of rotatable bonds is 4. The van der Waals surface area contributed by atoms with Crippen LogP contribution in [0.3, 0.4) is 0 Å². The molecule has 0 spiro atoms. The normalized spacial score (nSPS) is 14.2. The van der Waals surface area contributed by atoms with Gasteiger partial charge in [0.2, 0.25) is 10.0 Å². The van der Waals surface area contributed by atoms with Crippen molar-refractivity contribution in [2.45, 2.75) is 38.6 Å². The average molecular weight is 270 g/mol. The van der Waals surface area contributed by atoms with Crippen molar-refractivity contribution in [1.82, 2.24) is 4.31 Å². The van der Waals surface area contributed by atoms with E-state index >= 15 is 0 Å². The van der Waals surface area contributed by atoms with Crippen LogP contribution < -0.4 is 5.73 Å². The van der Waals surface area contributed by atoms with Gasteiger partial charge in [-0.3, -0.25) is 0 Å². The molecule has 18 heavy (non-hydrogen) atoms. The summed E-state index contributed by atoms with van der Waals surface area (Å²) in [6.07, 6.45) is 0. The Balaban J connectivity index is 3.26. The second-order valence-electron chi connectivity index (χ2n) is 4.98. The zero-order valence-electron chi connectivity index (χ0n) is 11.6. The van der Waals surface area contributed by atoms with E-state index in [-0.39, 0.29) is 16.9 Å². The topological polar surface area (TPSA) is 63.4 Å². The Morgan fingerprint density at radius 3 is 2.28 bits per heavy atom. The molecule has 0 aliphatic heterocycles. The lowest BCUT2D eigenvalue weighted by Crippen LogP contribution is -2.38. The molecule has 1 aromatic rings. The van der Waals surface area contributed by atoms with Crippen molar-refractivity contribution in [2.75, 3.05) is 12.8 Å². The van der Waals surface area contributed by atoms with Crippen LogP contribution in [0.15, 0.2) is 23.1 Å². The summed E-state index contributed by atoms with van der Waals surface area (Å²) in [6, 6.07) is 4.92. The van der Waals surface area contributed by atoms with Gasteiger partial charge in [-0.1, -0.05) is 19.9 Å². The first-order valence-corrected chi connectivity index (χ1v) is 7.46. The van der Waals surface area contributed by atoms with Crippen LogP contribution in [0.2, 0.25) is 0 Å². The highest BCUT2D eigenvalue weighted by Crippen LogP contribution is 2.25. The van der Waals surface area contributed by atoms with Crippen molar-refractivity contribution in [3.05, 3.63) is 23.8 Å². The Kier molecular flexibility index (Phi) is 4.40. The number of hydrogen-bond acceptors (Lipinski definition) is 3. The summed E-state index contributed by atoms with van der Waals surface area (Å²) in [6.45, 7) is 7.64. The minimum absolute atomic E-state index is 0.0594. The molecule has 0 aromatic heterocycles. The number of hydrogen-bond donors (Lipinski definition) is 1. The zero-order chi connectivity index (χ0) is 14.1. The Morgan fingerprint density at radius 1 is 1.22 bits per heavy atom. The molecular formula is C13H22N2O2S. The van der Waals surface area contributed by atoms with Crippen LogP contribution in [-0.4, -0.2) is 25.8 Å². The largest absolute Gasteiger partial charge is 0.398 e. The maximum absolute atomic E-state index is 12.5. The van der Waals surface area contributed by atoms with Crippen molar-refractivity contribution in [2.24, 2.45) is 5.92 Å². The molecule has 0 aliphatic rings. The molecule has 0 saturated carbocycles. The van der Waals surface area contributed by atoms with Gasteiger partial charge in [-0.2, -0.15) is 4.31 Å². The third-order valence-corrected chi connectivity index (χ3v) is 5.61. The molecule has 102 valence electrons. The van der Waals surface area contributed by atoms with Gasteiger partial charge in [0.1, 0.15) is 0 Å². The molecule has 0 amide bonds. The van der Waals surface area contributed by atoms with Crippen LogP contribution in [0.25, 0.3) is 0 Å². The van der Waals surface area contributed by atoms with Gasteiger partial charge in [-0.15, -0.1) is 0 Å². The van der Waals surface area contributed by atoms with E-state index in [1.807, 2.05) is 20.8 Å². The number of nitrogens with zero attached hydrogens (tertiary/aromatic N) is 1. The van der Waals surface area contributed by atoms with Gasteiger partial charge in [0.15, 0.2) is 0 Å². The predicted molar refractivity (Wildman–Crippen MR) is 74.8 cm³/mol. The highest BCUT2D eigenvalue weighted by molar-refractivity contribution is 7.89. The molecule has 0 heterocycles. The van der Waals surface area contributed by atoms with E-state index in [0.29, 0.717) is 11.3 Å². The first kappa shape index (κ1) is 15.0.